The maximum absolute atomic E-state index is 12.7. The summed E-state index contributed by atoms with van der Waals surface area (Å²) < 4.78 is 6.97. The van der Waals surface area contributed by atoms with Crippen LogP contribution in [0.4, 0.5) is 10.6 Å². The van der Waals surface area contributed by atoms with Gasteiger partial charge in [0.2, 0.25) is 0 Å². The Morgan fingerprint density at radius 1 is 1.06 bits per heavy atom. The maximum atomic E-state index is 12.7. The molecule has 4 heterocycles. The molecule has 7 heteroatoms. The number of quaternary nitrogens is 1. The van der Waals surface area contributed by atoms with Crippen LogP contribution in [0.5, 0.6) is 0 Å². The van der Waals surface area contributed by atoms with Gasteiger partial charge in [-0.15, -0.1) is 11.3 Å². The van der Waals surface area contributed by atoms with Crippen molar-refractivity contribution in [2.75, 3.05) is 25.0 Å². The molecule has 1 aromatic heterocycles. The van der Waals surface area contributed by atoms with Gasteiger partial charge in [-0.3, -0.25) is 5.32 Å². The number of halogens is 1. The van der Waals surface area contributed by atoms with E-state index >= 15 is 0 Å². The molecule has 1 amide bonds. The fraction of sp³-hybridized carbons (Fsp3) is 0.333. The first-order valence-electron chi connectivity index (χ1n) is 10.6. The summed E-state index contributed by atoms with van der Waals surface area (Å²) in [5.41, 5.74) is 4.16. The molecule has 0 radical (unpaired) electrons. The zero-order valence-corrected chi connectivity index (χ0v) is 19.6. The van der Waals surface area contributed by atoms with Gasteiger partial charge in [-0.1, -0.05) is 60.7 Å². The SMILES string of the molecule is O=C(Nc1ncsc1-c1ccccc1)O[C@H]1C[N+]2(Cc3ccccc3)CCC1CC2.[Br-]. The number of hydrogen-bond acceptors (Lipinski definition) is 4. The molecule has 1 N–H and O–H groups in total. The quantitative estimate of drug-likeness (QED) is 0.547. The highest BCUT2D eigenvalue weighted by atomic mass is 79.9. The lowest BCUT2D eigenvalue weighted by Crippen LogP contribution is -3.00. The van der Waals surface area contributed by atoms with E-state index in [2.05, 4.69) is 40.6 Å². The highest BCUT2D eigenvalue weighted by Crippen LogP contribution is 2.37. The Morgan fingerprint density at radius 2 is 1.74 bits per heavy atom. The molecule has 162 valence electrons. The molecular weight excluding hydrogens is 474 g/mol. The summed E-state index contributed by atoms with van der Waals surface area (Å²) in [5.74, 6) is 1.04. The summed E-state index contributed by atoms with van der Waals surface area (Å²) in [6.45, 7) is 4.26. The molecule has 0 unspecified atom stereocenters. The number of thiazole rings is 1. The van der Waals surface area contributed by atoms with Crippen LogP contribution in [0.15, 0.2) is 66.2 Å². The van der Waals surface area contributed by atoms with Gasteiger partial charge >= 0.3 is 6.09 Å². The molecule has 5 nitrogen and oxygen atoms in total. The van der Waals surface area contributed by atoms with E-state index in [1.807, 2.05) is 30.3 Å². The molecule has 3 aliphatic heterocycles. The highest BCUT2D eigenvalue weighted by molar-refractivity contribution is 7.13. The van der Waals surface area contributed by atoms with Gasteiger partial charge in [-0.2, -0.15) is 0 Å². The Bertz CT molecular complexity index is 1000. The number of ether oxygens (including phenoxy) is 1. The summed E-state index contributed by atoms with van der Waals surface area (Å²) in [4.78, 5) is 18.0. The lowest BCUT2D eigenvalue weighted by atomic mass is 9.83. The number of carbonyl (C=O) groups excluding carboxylic acids is 1. The molecule has 2 aromatic carbocycles. The minimum absolute atomic E-state index is 0. The van der Waals surface area contributed by atoms with Crippen molar-refractivity contribution in [2.45, 2.75) is 25.5 Å². The Labute approximate surface area is 197 Å². The number of nitrogens with zero attached hydrogens (tertiary/aromatic N) is 2. The van der Waals surface area contributed by atoms with Crippen molar-refractivity contribution in [3.05, 3.63) is 71.7 Å². The monoisotopic (exact) mass is 499 g/mol. The first-order chi connectivity index (χ1) is 14.7. The minimum Gasteiger partial charge on any atom is -1.00 e. The van der Waals surface area contributed by atoms with Crippen LogP contribution >= 0.6 is 11.3 Å². The number of carbonyl (C=O) groups is 1. The number of fused-ring (bicyclic) bond motifs is 3. The largest absolute Gasteiger partial charge is 1.00 e. The van der Waals surface area contributed by atoms with Crippen molar-refractivity contribution >= 4 is 23.2 Å². The molecule has 3 aromatic rings. The second-order valence-electron chi connectivity index (χ2n) is 8.42. The number of anilines is 1. The van der Waals surface area contributed by atoms with Crippen molar-refractivity contribution in [3.63, 3.8) is 0 Å². The average Bonchev–Trinajstić information content (AvgIpc) is 3.23. The van der Waals surface area contributed by atoms with Crippen molar-refractivity contribution in [2.24, 2.45) is 5.92 Å². The van der Waals surface area contributed by atoms with Crippen LogP contribution in [0.3, 0.4) is 0 Å². The van der Waals surface area contributed by atoms with Crippen LogP contribution in [0.25, 0.3) is 10.4 Å². The number of hydrogen-bond donors (Lipinski definition) is 1. The number of piperidine rings is 3. The van der Waals surface area contributed by atoms with Gasteiger partial charge in [0.25, 0.3) is 0 Å². The lowest BCUT2D eigenvalue weighted by molar-refractivity contribution is -0.958. The van der Waals surface area contributed by atoms with E-state index in [-0.39, 0.29) is 23.1 Å². The Morgan fingerprint density at radius 3 is 2.45 bits per heavy atom. The van der Waals surface area contributed by atoms with Gasteiger partial charge in [-0.05, 0) is 5.56 Å². The zero-order chi connectivity index (χ0) is 20.4. The van der Waals surface area contributed by atoms with Crippen molar-refractivity contribution in [1.82, 2.24) is 4.98 Å². The molecule has 1 atom stereocenters. The normalized spacial score (nSPS) is 24.3. The van der Waals surface area contributed by atoms with Gasteiger partial charge in [0.1, 0.15) is 13.1 Å². The summed E-state index contributed by atoms with van der Waals surface area (Å²) in [5, 5.41) is 2.89. The van der Waals surface area contributed by atoms with E-state index in [4.69, 9.17) is 4.74 Å². The van der Waals surface area contributed by atoms with E-state index in [0.29, 0.717) is 11.7 Å². The molecule has 3 fully saturated rings. The van der Waals surface area contributed by atoms with E-state index in [9.17, 15) is 4.79 Å². The predicted molar refractivity (Wildman–Crippen MR) is 119 cm³/mol. The van der Waals surface area contributed by atoms with E-state index in [0.717, 1.165) is 40.9 Å². The average molecular weight is 500 g/mol. The number of benzene rings is 2. The molecular formula is C24H26BrN3O2S. The van der Waals surface area contributed by atoms with Gasteiger partial charge < -0.3 is 26.2 Å². The number of rotatable bonds is 5. The molecule has 0 saturated carbocycles. The Balaban J connectivity index is 0.00000231. The summed E-state index contributed by atoms with van der Waals surface area (Å²) >= 11 is 1.52. The number of nitrogens with one attached hydrogen (secondary N) is 1. The van der Waals surface area contributed by atoms with Crippen molar-refractivity contribution in [1.29, 1.82) is 0 Å². The van der Waals surface area contributed by atoms with Crippen LogP contribution in [-0.4, -0.2) is 41.3 Å². The molecule has 0 aliphatic carbocycles. The first kappa shape index (κ1) is 22.0. The second-order valence-corrected chi connectivity index (χ2v) is 9.27. The molecule has 3 aliphatic rings. The summed E-state index contributed by atoms with van der Waals surface area (Å²) in [7, 11) is 0. The predicted octanol–water partition coefficient (Wildman–Crippen LogP) is 2.17. The highest BCUT2D eigenvalue weighted by Gasteiger charge is 2.47. The van der Waals surface area contributed by atoms with Crippen molar-refractivity contribution in [3.8, 4) is 10.4 Å². The maximum Gasteiger partial charge on any atom is 0.413 e. The van der Waals surface area contributed by atoms with E-state index in [1.165, 1.54) is 30.0 Å². The Kier molecular flexibility index (Phi) is 6.74. The smallest absolute Gasteiger partial charge is 0.413 e. The zero-order valence-electron chi connectivity index (χ0n) is 17.2. The molecule has 2 bridgehead atoms. The topological polar surface area (TPSA) is 51.2 Å². The van der Waals surface area contributed by atoms with Crippen LogP contribution in [-0.2, 0) is 11.3 Å². The first-order valence-corrected chi connectivity index (χ1v) is 11.4. The molecule has 3 saturated heterocycles. The third-order valence-corrected chi connectivity index (χ3v) is 7.36. The minimum atomic E-state index is -0.394. The van der Waals surface area contributed by atoms with E-state index < -0.39 is 6.09 Å². The Hall–Kier alpha value is -2.22. The fourth-order valence-electron chi connectivity index (χ4n) is 4.94. The van der Waals surface area contributed by atoms with Gasteiger partial charge in [0.15, 0.2) is 11.9 Å². The van der Waals surface area contributed by atoms with Crippen LogP contribution in [0, 0.1) is 5.92 Å². The third-order valence-electron chi connectivity index (χ3n) is 6.48. The standard InChI is InChI=1S/C24H25N3O2S.BrH/c28-24(26-23-22(30-17-25-23)20-9-5-2-6-10-20)29-21-16-27(13-11-19(21)12-14-27)15-18-7-3-1-4-8-18;/h1-10,17,19,21H,11-16H2;1H/t19?,21-,27?;/m0./s1. The van der Waals surface area contributed by atoms with Gasteiger partial charge in [0, 0.05) is 24.3 Å². The van der Waals surface area contributed by atoms with Crippen LogP contribution in [0.2, 0.25) is 0 Å². The number of amides is 1. The second kappa shape index (κ2) is 9.51. The molecule has 31 heavy (non-hydrogen) atoms. The van der Waals surface area contributed by atoms with Crippen LogP contribution < -0.4 is 22.3 Å². The number of aromatic nitrogens is 1. The van der Waals surface area contributed by atoms with Gasteiger partial charge in [-0.25, -0.2) is 9.78 Å². The lowest BCUT2D eigenvalue weighted by Gasteiger charge is -2.52. The van der Waals surface area contributed by atoms with Gasteiger partial charge in [0.05, 0.1) is 23.5 Å². The van der Waals surface area contributed by atoms with Crippen molar-refractivity contribution < 1.29 is 31.0 Å². The third kappa shape index (κ3) is 4.84. The van der Waals surface area contributed by atoms with Crippen LogP contribution in [0.1, 0.15) is 18.4 Å². The van der Waals surface area contributed by atoms with E-state index in [1.54, 1.807) is 5.51 Å². The summed E-state index contributed by atoms with van der Waals surface area (Å²) in [6.07, 6.45) is 1.82. The molecule has 6 rings (SSSR count). The molecule has 0 spiro atoms. The summed E-state index contributed by atoms with van der Waals surface area (Å²) in [6, 6.07) is 20.7. The fourth-order valence-corrected chi connectivity index (χ4v) is 5.69.